The Kier molecular flexibility index (Phi) is 6.90. The minimum atomic E-state index is -0.125. The summed E-state index contributed by atoms with van der Waals surface area (Å²) in [5, 5.41) is 19.3. The van der Waals surface area contributed by atoms with Crippen molar-refractivity contribution in [1.82, 2.24) is 0 Å². The monoisotopic (exact) mass is 442 g/mol. The topological polar surface area (TPSA) is 47.6 Å². The molecule has 0 unspecified atom stereocenters. The van der Waals surface area contributed by atoms with E-state index < -0.39 is 0 Å². The summed E-state index contributed by atoms with van der Waals surface area (Å²) in [4.78, 5) is 0. The van der Waals surface area contributed by atoms with Gasteiger partial charge in [-0.1, -0.05) is 51.0 Å². The van der Waals surface area contributed by atoms with E-state index in [1.54, 1.807) is 6.07 Å². The molecule has 3 aliphatic carbocycles. The zero-order valence-corrected chi connectivity index (χ0v) is 20.1. The maximum Gasteiger partial charge on any atom is 0.126 e. The highest BCUT2D eigenvalue weighted by molar-refractivity contribution is 5.55. The second kappa shape index (κ2) is 9.69. The van der Waals surface area contributed by atoms with Crippen LogP contribution in [0.4, 0.5) is 4.39 Å². The summed E-state index contributed by atoms with van der Waals surface area (Å²) >= 11 is 0. The Morgan fingerprint density at radius 2 is 1.30 bits per heavy atom. The van der Waals surface area contributed by atoms with E-state index in [2.05, 4.69) is 32.1 Å². The van der Waals surface area contributed by atoms with Crippen molar-refractivity contribution in [3.63, 3.8) is 0 Å². The number of hydrogen-bond donors (Lipinski definition) is 0. The fourth-order valence-electron chi connectivity index (χ4n) is 6.58. The van der Waals surface area contributed by atoms with Crippen LogP contribution in [0.15, 0.2) is 30.3 Å². The van der Waals surface area contributed by atoms with Gasteiger partial charge in [0.25, 0.3) is 0 Å². The molecule has 3 fully saturated rings. The number of fused-ring (bicyclic) bond motifs is 3. The van der Waals surface area contributed by atoms with Crippen LogP contribution in [0.5, 0.6) is 0 Å². The maximum atomic E-state index is 15.2. The van der Waals surface area contributed by atoms with Gasteiger partial charge in [-0.3, -0.25) is 0 Å². The zero-order valence-electron chi connectivity index (χ0n) is 20.1. The maximum absolute atomic E-state index is 15.2. The van der Waals surface area contributed by atoms with Gasteiger partial charge in [0.1, 0.15) is 18.0 Å². The van der Waals surface area contributed by atoms with E-state index in [0.717, 1.165) is 24.0 Å². The average molecular weight is 443 g/mol. The molecule has 0 amide bonds. The van der Waals surface area contributed by atoms with Gasteiger partial charge >= 0.3 is 0 Å². The van der Waals surface area contributed by atoms with Gasteiger partial charge in [0.15, 0.2) is 0 Å². The molecule has 3 heteroatoms. The summed E-state index contributed by atoms with van der Waals surface area (Å²) in [5.74, 6) is -0.125. The van der Waals surface area contributed by atoms with Crippen molar-refractivity contribution in [3.8, 4) is 12.1 Å². The van der Waals surface area contributed by atoms with Gasteiger partial charge in [-0.2, -0.15) is 10.5 Å². The number of hydrogen-bond acceptors (Lipinski definition) is 2. The van der Waals surface area contributed by atoms with Crippen molar-refractivity contribution in [2.75, 3.05) is 0 Å². The van der Waals surface area contributed by atoms with E-state index in [4.69, 9.17) is 0 Å². The van der Waals surface area contributed by atoms with Gasteiger partial charge in [0, 0.05) is 0 Å². The Morgan fingerprint density at radius 1 is 0.758 bits per heavy atom. The molecular formula is C30H35FN2. The summed E-state index contributed by atoms with van der Waals surface area (Å²) in [6, 6.07) is 14.3. The second-order valence-electron chi connectivity index (χ2n) is 10.4. The molecule has 2 bridgehead atoms. The average Bonchev–Trinajstić information content (AvgIpc) is 2.84. The van der Waals surface area contributed by atoms with Gasteiger partial charge in [-0.25, -0.2) is 4.39 Å². The molecule has 0 N–H and O–H groups in total. The van der Waals surface area contributed by atoms with Crippen molar-refractivity contribution < 1.29 is 4.39 Å². The van der Waals surface area contributed by atoms with E-state index in [0.29, 0.717) is 34.9 Å². The van der Waals surface area contributed by atoms with Crippen molar-refractivity contribution in [2.45, 2.75) is 96.3 Å². The van der Waals surface area contributed by atoms with Crippen LogP contribution >= 0.6 is 0 Å². The van der Waals surface area contributed by atoms with E-state index in [1.807, 2.05) is 18.2 Å². The first-order chi connectivity index (χ1) is 16.0. The lowest BCUT2D eigenvalue weighted by Crippen LogP contribution is -2.44. The SMILES string of the molecule is CCCc1ccc(CCc2ccc(C34CCC(CCC)(CC3)CC4)cc2F)c(C#N)c1C#N. The van der Waals surface area contributed by atoms with Gasteiger partial charge in [-0.05, 0) is 103 Å². The number of nitrogens with zero attached hydrogens (tertiary/aromatic N) is 2. The fourth-order valence-corrected chi connectivity index (χ4v) is 6.58. The third-order valence-electron chi connectivity index (χ3n) is 8.63. The fraction of sp³-hybridized carbons (Fsp3) is 0.533. The summed E-state index contributed by atoms with van der Waals surface area (Å²) < 4.78 is 15.2. The van der Waals surface area contributed by atoms with Crippen LogP contribution in [0.3, 0.4) is 0 Å². The molecule has 172 valence electrons. The van der Waals surface area contributed by atoms with Gasteiger partial charge in [0.2, 0.25) is 0 Å². The molecule has 0 heterocycles. The first-order valence-corrected chi connectivity index (χ1v) is 12.7. The molecule has 3 aliphatic rings. The summed E-state index contributed by atoms with van der Waals surface area (Å²) in [7, 11) is 0. The van der Waals surface area contributed by atoms with Crippen LogP contribution < -0.4 is 0 Å². The molecule has 0 atom stereocenters. The lowest BCUT2D eigenvalue weighted by molar-refractivity contribution is 0.0319. The molecule has 0 aliphatic heterocycles. The normalized spacial score (nSPS) is 23.8. The van der Waals surface area contributed by atoms with Crippen LogP contribution in [-0.4, -0.2) is 0 Å². The molecule has 33 heavy (non-hydrogen) atoms. The van der Waals surface area contributed by atoms with Crippen molar-refractivity contribution in [2.24, 2.45) is 5.41 Å². The summed E-state index contributed by atoms with van der Waals surface area (Å²) in [6.07, 6.45) is 12.9. The molecule has 2 nitrogen and oxygen atoms in total. The van der Waals surface area contributed by atoms with E-state index in [-0.39, 0.29) is 11.2 Å². The first kappa shape index (κ1) is 23.5. The van der Waals surface area contributed by atoms with E-state index >= 15 is 4.39 Å². The van der Waals surface area contributed by atoms with Gasteiger partial charge in [0.05, 0.1) is 11.1 Å². The highest BCUT2D eigenvalue weighted by Crippen LogP contribution is 2.59. The minimum Gasteiger partial charge on any atom is -0.207 e. The predicted octanol–water partition coefficient (Wildman–Crippen LogP) is 7.70. The lowest BCUT2D eigenvalue weighted by atomic mass is 9.51. The Labute approximate surface area is 198 Å². The van der Waals surface area contributed by atoms with Crippen molar-refractivity contribution >= 4 is 0 Å². The second-order valence-corrected chi connectivity index (χ2v) is 10.4. The lowest BCUT2D eigenvalue weighted by Gasteiger charge is -2.54. The number of rotatable bonds is 8. The van der Waals surface area contributed by atoms with Crippen LogP contribution in [-0.2, 0) is 24.7 Å². The zero-order chi connectivity index (χ0) is 23.5. The highest BCUT2D eigenvalue weighted by atomic mass is 19.1. The summed E-state index contributed by atoms with van der Waals surface area (Å²) in [6.45, 7) is 4.36. The largest absolute Gasteiger partial charge is 0.207 e. The molecule has 0 saturated heterocycles. The molecule has 2 aromatic carbocycles. The molecule has 3 saturated carbocycles. The Bertz CT molecular complexity index is 1080. The predicted molar refractivity (Wildman–Crippen MR) is 130 cm³/mol. The molecule has 5 rings (SSSR count). The standard InChI is InChI=1S/C30H35FN2/c1-3-5-22-6-7-23(27(21-33)26(22)20-32)8-9-24-10-11-25(19-28(24)31)30-16-13-29(12-4-2,14-17-30)15-18-30/h6-7,10-11,19H,3-5,8-9,12-18H2,1-2H3. The number of benzene rings is 2. The van der Waals surface area contributed by atoms with Crippen molar-refractivity contribution in [3.05, 3.63) is 69.5 Å². The molecular weight excluding hydrogens is 407 g/mol. The van der Waals surface area contributed by atoms with E-state index in [9.17, 15) is 10.5 Å². The van der Waals surface area contributed by atoms with E-state index in [1.165, 1.54) is 56.9 Å². The Hall–Kier alpha value is -2.65. The Balaban J connectivity index is 1.50. The quantitative estimate of drug-likeness (QED) is 0.420. The molecule has 0 spiro atoms. The van der Waals surface area contributed by atoms with Crippen LogP contribution in [0.1, 0.15) is 105 Å². The highest BCUT2D eigenvalue weighted by Gasteiger charge is 2.48. The van der Waals surface area contributed by atoms with Crippen molar-refractivity contribution in [1.29, 1.82) is 10.5 Å². The number of nitriles is 2. The summed E-state index contributed by atoms with van der Waals surface area (Å²) in [5.41, 5.74) is 5.31. The Morgan fingerprint density at radius 3 is 1.82 bits per heavy atom. The third kappa shape index (κ3) is 4.44. The van der Waals surface area contributed by atoms with Crippen LogP contribution in [0.2, 0.25) is 0 Å². The van der Waals surface area contributed by atoms with Gasteiger partial charge < -0.3 is 0 Å². The smallest absolute Gasteiger partial charge is 0.126 e. The third-order valence-corrected chi connectivity index (χ3v) is 8.63. The first-order valence-electron chi connectivity index (χ1n) is 12.7. The number of aryl methyl sites for hydroxylation is 3. The molecule has 2 aromatic rings. The van der Waals surface area contributed by atoms with Gasteiger partial charge in [-0.15, -0.1) is 0 Å². The molecule has 0 aromatic heterocycles. The van der Waals surface area contributed by atoms with Crippen LogP contribution in [0.25, 0.3) is 0 Å². The van der Waals surface area contributed by atoms with Crippen LogP contribution in [0, 0.1) is 33.9 Å². The minimum absolute atomic E-state index is 0.125. The number of halogens is 1. The molecule has 0 radical (unpaired) electrons.